The van der Waals surface area contributed by atoms with Crippen LogP contribution in [0.5, 0.6) is 17.2 Å². The number of benzene rings is 3. The van der Waals surface area contributed by atoms with Crippen molar-refractivity contribution in [1.82, 2.24) is 0 Å². The molecule has 0 aromatic heterocycles. The van der Waals surface area contributed by atoms with Gasteiger partial charge in [0.2, 0.25) is 0 Å². The van der Waals surface area contributed by atoms with Gasteiger partial charge < -0.3 is 20.4 Å². The van der Waals surface area contributed by atoms with E-state index in [1.54, 1.807) is 0 Å². The fourth-order valence-electron chi connectivity index (χ4n) is 6.86. The van der Waals surface area contributed by atoms with Crippen molar-refractivity contribution in [2.75, 3.05) is 0 Å². The number of phenolic OH excluding ortho intramolecular Hbond substituents is 3. The number of allylic oxidation sites excluding steroid dienone is 9. The Kier molecular flexibility index (Phi) is 8.47. The van der Waals surface area contributed by atoms with Crippen LogP contribution in [0.2, 0.25) is 0 Å². The first-order chi connectivity index (χ1) is 22.3. The first-order valence-electron chi connectivity index (χ1n) is 14.1. The number of hydrogen-bond donors (Lipinski definition) is 4. The van der Waals surface area contributed by atoms with Crippen LogP contribution in [-0.4, -0.2) is 39.0 Å². The zero-order valence-corrected chi connectivity index (χ0v) is 24.3. The van der Waals surface area contributed by atoms with Crippen LogP contribution in [0.25, 0.3) is 0 Å². The molecule has 2 aliphatic rings. The fraction of sp³-hybridized carbons (Fsp3) is 0.200. The molecule has 3 atom stereocenters. The van der Waals surface area contributed by atoms with Crippen LogP contribution in [0, 0.1) is 11.8 Å². The monoisotopic (exact) mass is 680 g/mol. The maximum absolute atomic E-state index is 16.5. The normalized spacial score (nSPS) is 20.7. The van der Waals surface area contributed by atoms with Gasteiger partial charge in [-0.05, 0) is 70.8 Å². The first kappa shape index (κ1) is 34.3. The largest absolute Gasteiger partial charge is 0.508 e. The standard InChI is InChI=1S/C35H25F9O4/c36-33(37,38)30(34(39,40)41)27-19-26(48)16-17-28(27)32(35(42,43)44,22-8-14-25(47)15-9-22)29-3-1-2-18-31(29,20-4-10-23(45)11-5-20)21-6-12-24(46)13-7-21/h1-19,28-29,45-48H. The number of aliphatic hydroxyl groups is 1. The molecule has 2 aliphatic carbocycles. The van der Waals surface area contributed by atoms with Crippen LogP contribution in [0.15, 0.2) is 132 Å². The van der Waals surface area contributed by atoms with Gasteiger partial charge in [0.25, 0.3) is 0 Å². The zero-order valence-electron chi connectivity index (χ0n) is 24.3. The van der Waals surface area contributed by atoms with Crippen molar-refractivity contribution >= 4 is 0 Å². The SMILES string of the molecule is OC1=CC(=C(C(F)(F)F)C(F)(F)F)C(C(c2ccc(O)cc2)(C2C=CC=CC2(c2ccc(O)cc2)c2ccc(O)cc2)C(F)(F)F)C=C1. The van der Waals surface area contributed by atoms with Crippen molar-refractivity contribution in [1.29, 1.82) is 0 Å². The summed E-state index contributed by atoms with van der Waals surface area (Å²) in [5.41, 5.74) is -11.6. The molecule has 5 rings (SSSR count). The summed E-state index contributed by atoms with van der Waals surface area (Å²) in [4.78, 5) is 0. The van der Waals surface area contributed by atoms with E-state index in [9.17, 15) is 46.8 Å². The summed E-state index contributed by atoms with van der Waals surface area (Å²) in [5, 5.41) is 40.3. The van der Waals surface area contributed by atoms with Crippen molar-refractivity contribution in [3.63, 3.8) is 0 Å². The molecule has 0 saturated heterocycles. The molecule has 0 fully saturated rings. The summed E-state index contributed by atoms with van der Waals surface area (Å²) in [6.45, 7) is 0. The molecule has 252 valence electrons. The summed E-state index contributed by atoms with van der Waals surface area (Å²) >= 11 is 0. The summed E-state index contributed by atoms with van der Waals surface area (Å²) in [6.07, 6.45) is -12.1. The quantitative estimate of drug-likeness (QED) is 0.203. The van der Waals surface area contributed by atoms with E-state index < -0.39 is 69.4 Å². The highest BCUT2D eigenvalue weighted by atomic mass is 19.4. The van der Waals surface area contributed by atoms with Crippen LogP contribution in [0.3, 0.4) is 0 Å². The van der Waals surface area contributed by atoms with Crippen molar-refractivity contribution < 1.29 is 59.9 Å². The molecule has 0 aliphatic heterocycles. The van der Waals surface area contributed by atoms with Gasteiger partial charge in [-0.15, -0.1) is 0 Å². The number of alkyl halides is 9. The highest BCUT2D eigenvalue weighted by Gasteiger charge is 2.69. The highest BCUT2D eigenvalue weighted by Crippen LogP contribution is 2.64. The van der Waals surface area contributed by atoms with Gasteiger partial charge in [0.15, 0.2) is 0 Å². The number of halogens is 9. The third kappa shape index (κ3) is 5.71. The van der Waals surface area contributed by atoms with Crippen molar-refractivity contribution in [3.05, 3.63) is 149 Å². The second-order valence-electron chi connectivity index (χ2n) is 11.3. The summed E-state index contributed by atoms with van der Waals surface area (Å²) in [5.74, 6) is -7.13. The maximum atomic E-state index is 16.5. The highest BCUT2D eigenvalue weighted by molar-refractivity contribution is 5.57. The van der Waals surface area contributed by atoms with Gasteiger partial charge in [0.1, 0.15) is 34.0 Å². The van der Waals surface area contributed by atoms with Gasteiger partial charge in [0, 0.05) is 17.3 Å². The minimum Gasteiger partial charge on any atom is -0.508 e. The van der Waals surface area contributed by atoms with Gasteiger partial charge in [0.05, 0.1) is 0 Å². The van der Waals surface area contributed by atoms with Gasteiger partial charge >= 0.3 is 18.5 Å². The minimum absolute atomic E-state index is 0.0348. The Morgan fingerprint density at radius 2 is 1.04 bits per heavy atom. The van der Waals surface area contributed by atoms with E-state index in [1.165, 1.54) is 42.5 Å². The van der Waals surface area contributed by atoms with E-state index in [0.717, 1.165) is 54.6 Å². The molecule has 0 radical (unpaired) electrons. The molecule has 3 unspecified atom stereocenters. The molecule has 0 spiro atoms. The summed E-state index contributed by atoms with van der Waals surface area (Å²) < 4.78 is 135. The van der Waals surface area contributed by atoms with E-state index in [0.29, 0.717) is 12.2 Å². The summed E-state index contributed by atoms with van der Waals surface area (Å²) in [6, 6.07) is 12.9. The number of aliphatic hydroxyl groups excluding tert-OH is 1. The average Bonchev–Trinajstić information content (AvgIpc) is 2.98. The Bertz CT molecular complexity index is 1750. The van der Waals surface area contributed by atoms with Gasteiger partial charge in [-0.1, -0.05) is 66.8 Å². The van der Waals surface area contributed by atoms with E-state index in [1.807, 2.05) is 0 Å². The molecule has 0 amide bonds. The van der Waals surface area contributed by atoms with Crippen molar-refractivity contribution in [3.8, 4) is 17.2 Å². The lowest BCUT2D eigenvalue weighted by atomic mass is 9.48. The second-order valence-corrected chi connectivity index (χ2v) is 11.3. The third-order valence-corrected chi connectivity index (χ3v) is 8.70. The Balaban J connectivity index is 2.03. The van der Waals surface area contributed by atoms with Crippen LogP contribution < -0.4 is 0 Å². The molecule has 3 aromatic carbocycles. The fourth-order valence-corrected chi connectivity index (χ4v) is 6.86. The lowest BCUT2D eigenvalue weighted by Gasteiger charge is -2.54. The number of aromatic hydroxyl groups is 3. The smallest absolute Gasteiger partial charge is 0.421 e. The molecule has 0 saturated carbocycles. The molecule has 4 nitrogen and oxygen atoms in total. The number of hydrogen-bond acceptors (Lipinski definition) is 4. The van der Waals surface area contributed by atoms with Gasteiger partial charge in [-0.3, -0.25) is 0 Å². The average molecular weight is 681 g/mol. The summed E-state index contributed by atoms with van der Waals surface area (Å²) in [7, 11) is 0. The van der Waals surface area contributed by atoms with Crippen LogP contribution in [-0.2, 0) is 10.8 Å². The van der Waals surface area contributed by atoms with Gasteiger partial charge in [-0.2, -0.15) is 39.5 Å². The van der Waals surface area contributed by atoms with Crippen molar-refractivity contribution in [2.24, 2.45) is 11.8 Å². The number of phenols is 3. The molecule has 4 N–H and O–H groups in total. The van der Waals surface area contributed by atoms with E-state index in [2.05, 4.69) is 0 Å². The minimum atomic E-state index is -6.21. The molecule has 0 heterocycles. The number of rotatable bonds is 5. The molecule has 3 aromatic rings. The first-order valence-corrected chi connectivity index (χ1v) is 14.1. The third-order valence-electron chi connectivity index (χ3n) is 8.70. The Morgan fingerprint density at radius 1 is 0.583 bits per heavy atom. The van der Waals surface area contributed by atoms with Crippen LogP contribution in [0.4, 0.5) is 39.5 Å². The van der Waals surface area contributed by atoms with Crippen molar-refractivity contribution in [2.45, 2.75) is 29.4 Å². The van der Waals surface area contributed by atoms with E-state index >= 15 is 13.2 Å². The lowest BCUT2D eigenvalue weighted by Crippen LogP contribution is -2.60. The predicted molar refractivity (Wildman–Crippen MR) is 157 cm³/mol. The topological polar surface area (TPSA) is 80.9 Å². The van der Waals surface area contributed by atoms with E-state index in [-0.39, 0.29) is 28.7 Å². The Labute approximate surface area is 267 Å². The van der Waals surface area contributed by atoms with Crippen LogP contribution >= 0.6 is 0 Å². The second kappa shape index (κ2) is 11.9. The zero-order chi connectivity index (χ0) is 35.3. The molecule has 0 bridgehead atoms. The lowest BCUT2D eigenvalue weighted by molar-refractivity contribution is -0.217. The molecular weight excluding hydrogens is 655 g/mol. The molecular formula is C35H25F9O4. The van der Waals surface area contributed by atoms with Gasteiger partial charge in [-0.25, -0.2) is 0 Å². The molecule has 48 heavy (non-hydrogen) atoms. The van der Waals surface area contributed by atoms with Crippen LogP contribution in [0.1, 0.15) is 16.7 Å². The molecule has 13 heteroatoms. The van der Waals surface area contributed by atoms with E-state index in [4.69, 9.17) is 0 Å². The Morgan fingerprint density at radius 3 is 1.48 bits per heavy atom. The Hall–Kier alpha value is -5.07. The predicted octanol–water partition coefficient (Wildman–Crippen LogP) is 9.38. The maximum Gasteiger partial charge on any atom is 0.421 e.